The lowest BCUT2D eigenvalue weighted by Gasteiger charge is -2.59. The molecule has 186 valence electrons. The first-order valence-corrected chi connectivity index (χ1v) is 16.2. The summed E-state index contributed by atoms with van der Waals surface area (Å²) in [6, 6.07) is 0. The van der Waals surface area contributed by atoms with Crippen molar-refractivity contribution in [2.75, 3.05) is 20.8 Å². The van der Waals surface area contributed by atoms with Gasteiger partial charge in [-0.2, -0.15) is 0 Å². The van der Waals surface area contributed by atoms with E-state index in [9.17, 15) is 5.11 Å². The fourth-order valence-corrected chi connectivity index (χ4v) is 8.44. The highest BCUT2D eigenvalue weighted by molar-refractivity contribution is 6.69. The molecule has 0 amide bonds. The van der Waals surface area contributed by atoms with Crippen LogP contribution in [0.15, 0.2) is 22.0 Å². The summed E-state index contributed by atoms with van der Waals surface area (Å²) in [4.78, 5) is 10.3. The van der Waals surface area contributed by atoms with Gasteiger partial charge in [-0.1, -0.05) is 29.7 Å². The van der Waals surface area contributed by atoms with E-state index < -0.39 is 13.9 Å². The van der Waals surface area contributed by atoms with Crippen molar-refractivity contribution in [3.8, 4) is 0 Å². The van der Waals surface area contributed by atoms with E-state index in [2.05, 4.69) is 49.9 Å². The third kappa shape index (κ3) is 4.12. The molecule has 4 aliphatic rings. The molecule has 4 aliphatic carbocycles. The van der Waals surface area contributed by atoms with Gasteiger partial charge in [-0.05, 0) is 100 Å². The van der Waals surface area contributed by atoms with E-state index in [1.807, 2.05) is 0 Å². The summed E-state index contributed by atoms with van der Waals surface area (Å²) in [5.41, 5.74) is 2.43. The fourth-order valence-electron chi connectivity index (χ4n) is 7.87. The lowest BCUT2D eigenvalue weighted by molar-refractivity contribution is -0.0965. The summed E-state index contributed by atoms with van der Waals surface area (Å²) in [7, 11) is 1.46. The predicted octanol–water partition coefficient (Wildman–Crippen LogP) is 5.54. The van der Waals surface area contributed by atoms with Gasteiger partial charge in [0.1, 0.15) is 25.5 Å². The molecule has 0 heterocycles. The molecule has 4 rings (SSSR count). The number of oxime groups is 2. The minimum Gasteiger partial charge on any atom is -0.412 e. The quantitative estimate of drug-likeness (QED) is 0.310. The van der Waals surface area contributed by atoms with Crippen LogP contribution < -0.4 is 0 Å². The van der Waals surface area contributed by atoms with Crippen molar-refractivity contribution in [1.82, 2.24) is 0 Å². The van der Waals surface area contributed by atoms with Crippen LogP contribution in [0.25, 0.3) is 0 Å². The average Bonchev–Trinajstić information content (AvgIpc) is 3.02. The smallest absolute Gasteiger partial charge is 0.184 e. The van der Waals surface area contributed by atoms with Gasteiger partial charge in [0.15, 0.2) is 8.32 Å². The Bertz CT molecular complexity index is 850. The molecule has 0 aromatic carbocycles. The van der Waals surface area contributed by atoms with Crippen molar-refractivity contribution in [2.24, 2.45) is 38.9 Å². The van der Waals surface area contributed by atoms with Gasteiger partial charge in [0.05, 0.1) is 12.3 Å². The SMILES string of the molecule is CO/N=C1/C=C2CCC3C(CC[C@@]4(C)C3CC[C@]4(O)/C(CO[Si](C)(C)C)=N/OC)[C@@]2(C)CC1. The first kappa shape index (κ1) is 24.9. The summed E-state index contributed by atoms with van der Waals surface area (Å²) in [6.07, 6.45) is 10.8. The van der Waals surface area contributed by atoms with Crippen LogP contribution in [0.3, 0.4) is 0 Å². The molecular weight excluding hydrogens is 432 g/mol. The average molecular weight is 477 g/mol. The molecule has 3 fully saturated rings. The molecule has 0 bridgehead atoms. The third-order valence-corrected chi connectivity index (χ3v) is 10.7. The second-order valence-corrected chi connectivity index (χ2v) is 16.8. The molecule has 3 unspecified atom stereocenters. The van der Waals surface area contributed by atoms with Crippen molar-refractivity contribution in [3.05, 3.63) is 11.6 Å². The maximum atomic E-state index is 12.2. The summed E-state index contributed by atoms with van der Waals surface area (Å²) in [5.74, 6) is 1.81. The van der Waals surface area contributed by atoms with Gasteiger partial charge in [0.25, 0.3) is 0 Å². The van der Waals surface area contributed by atoms with E-state index in [4.69, 9.17) is 14.1 Å². The monoisotopic (exact) mass is 476 g/mol. The van der Waals surface area contributed by atoms with Gasteiger partial charge in [0.2, 0.25) is 0 Å². The van der Waals surface area contributed by atoms with Crippen molar-refractivity contribution in [2.45, 2.75) is 90.5 Å². The van der Waals surface area contributed by atoms with Crippen molar-refractivity contribution in [1.29, 1.82) is 0 Å². The van der Waals surface area contributed by atoms with E-state index in [-0.39, 0.29) is 10.8 Å². The van der Waals surface area contributed by atoms with Crippen LogP contribution in [-0.2, 0) is 14.1 Å². The topological polar surface area (TPSA) is 72.6 Å². The van der Waals surface area contributed by atoms with Crippen molar-refractivity contribution < 1.29 is 19.2 Å². The molecule has 6 atom stereocenters. The summed E-state index contributed by atoms with van der Waals surface area (Å²) < 4.78 is 6.21. The molecule has 33 heavy (non-hydrogen) atoms. The highest BCUT2D eigenvalue weighted by Crippen LogP contribution is 2.67. The Hall–Kier alpha value is -1.18. The number of hydrogen-bond acceptors (Lipinski definition) is 6. The molecule has 0 aromatic heterocycles. The van der Waals surface area contributed by atoms with Crippen LogP contribution in [0.5, 0.6) is 0 Å². The zero-order valence-corrected chi connectivity index (χ0v) is 22.7. The van der Waals surface area contributed by atoms with E-state index >= 15 is 0 Å². The zero-order valence-electron chi connectivity index (χ0n) is 21.7. The second kappa shape index (κ2) is 8.79. The van der Waals surface area contributed by atoms with Gasteiger partial charge in [-0.3, -0.25) is 0 Å². The Morgan fingerprint density at radius 2 is 1.76 bits per heavy atom. The third-order valence-electron chi connectivity index (χ3n) is 9.66. The molecule has 3 saturated carbocycles. The van der Waals surface area contributed by atoms with E-state index in [1.165, 1.54) is 6.42 Å². The molecule has 6 nitrogen and oxygen atoms in total. The maximum Gasteiger partial charge on any atom is 0.184 e. The van der Waals surface area contributed by atoms with E-state index in [0.717, 1.165) is 50.7 Å². The highest BCUT2D eigenvalue weighted by Gasteiger charge is 2.65. The minimum atomic E-state index is -1.74. The number of aliphatic hydroxyl groups is 1. The Kier molecular flexibility index (Phi) is 6.64. The van der Waals surface area contributed by atoms with E-state index in [0.29, 0.717) is 30.1 Å². The number of fused-ring (bicyclic) bond motifs is 5. The largest absolute Gasteiger partial charge is 0.412 e. The number of allylic oxidation sites excluding steroid dienone is 2. The zero-order chi connectivity index (χ0) is 24.1. The van der Waals surface area contributed by atoms with E-state index in [1.54, 1.807) is 19.8 Å². The molecule has 0 aromatic rings. The molecule has 0 saturated heterocycles. The van der Waals surface area contributed by atoms with Gasteiger partial charge in [-0.25, -0.2) is 0 Å². The van der Waals surface area contributed by atoms with Gasteiger partial charge < -0.3 is 19.2 Å². The van der Waals surface area contributed by atoms with Crippen LogP contribution in [0.2, 0.25) is 19.6 Å². The van der Waals surface area contributed by atoms with Crippen LogP contribution in [0.4, 0.5) is 0 Å². The first-order chi connectivity index (χ1) is 15.5. The fraction of sp³-hybridized carbons (Fsp3) is 0.846. The summed E-state index contributed by atoms with van der Waals surface area (Å²) >= 11 is 0. The normalized spacial score (nSPS) is 42.3. The summed E-state index contributed by atoms with van der Waals surface area (Å²) in [5, 5.41) is 20.8. The Morgan fingerprint density at radius 3 is 2.42 bits per heavy atom. The number of hydrogen-bond donors (Lipinski definition) is 1. The first-order valence-electron chi connectivity index (χ1n) is 12.8. The van der Waals surface area contributed by atoms with Crippen molar-refractivity contribution in [3.63, 3.8) is 0 Å². The Labute approximate surface area is 200 Å². The standard InChI is InChI=1S/C26H44N2O4Si/c1-24-13-10-19(27-30-3)16-18(24)8-9-20-21(24)11-14-25(2)22(20)12-15-26(25,29)23(28-31-4)17-32-33(5,6)7/h16,20-22,29H,8-15,17H2,1-7H3/b27-19+,28-23+/t20?,21?,22?,24-,25-,26-/m0/s1. The molecule has 1 N–H and O–H groups in total. The number of rotatable bonds is 6. The lowest BCUT2D eigenvalue weighted by atomic mass is 9.46. The van der Waals surface area contributed by atoms with Crippen LogP contribution in [0, 0.1) is 28.6 Å². The molecule has 7 heteroatoms. The second-order valence-electron chi connectivity index (χ2n) is 12.2. The Balaban J connectivity index is 1.61. The lowest BCUT2D eigenvalue weighted by Crippen LogP contribution is -2.58. The van der Waals surface area contributed by atoms with Crippen molar-refractivity contribution >= 4 is 19.7 Å². The van der Waals surface area contributed by atoms with Gasteiger partial charge in [0, 0.05) is 5.41 Å². The molecule has 0 radical (unpaired) electrons. The minimum absolute atomic E-state index is 0.191. The van der Waals surface area contributed by atoms with Crippen LogP contribution in [0.1, 0.15) is 65.2 Å². The number of nitrogens with zero attached hydrogens (tertiary/aromatic N) is 2. The van der Waals surface area contributed by atoms with Gasteiger partial charge >= 0.3 is 0 Å². The predicted molar refractivity (Wildman–Crippen MR) is 135 cm³/mol. The van der Waals surface area contributed by atoms with Crippen LogP contribution in [-0.4, -0.2) is 51.3 Å². The highest BCUT2D eigenvalue weighted by atomic mass is 28.4. The molecule has 0 spiro atoms. The Morgan fingerprint density at radius 1 is 1.03 bits per heavy atom. The van der Waals surface area contributed by atoms with Gasteiger partial charge in [-0.15, -0.1) is 0 Å². The molecule has 0 aliphatic heterocycles. The molecular formula is C26H44N2O4Si. The summed E-state index contributed by atoms with van der Waals surface area (Å²) in [6.45, 7) is 11.7. The van der Waals surface area contributed by atoms with Crippen LogP contribution >= 0.6 is 0 Å². The maximum absolute atomic E-state index is 12.2.